The maximum atomic E-state index is 8.38. The van der Waals surface area contributed by atoms with E-state index in [9.17, 15) is 0 Å². The molecule has 6 nitrogen and oxygen atoms in total. The van der Waals surface area contributed by atoms with Gasteiger partial charge in [-0.2, -0.15) is 5.11 Å². The molecule has 0 fully saturated rings. The summed E-state index contributed by atoms with van der Waals surface area (Å²) in [6.07, 6.45) is 0. The Hall–Kier alpha value is -0.560. The predicted octanol–water partition coefficient (Wildman–Crippen LogP) is 0.0595. The van der Waals surface area contributed by atoms with Crippen LogP contribution in [0.15, 0.2) is 5.11 Å². The largest absolute Gasteiger partial charge is 0.394 e. The van der Waals surface area contributed by atoms with Gasteiger partial charge in [0.05, 0.1) is 52.8 Å². The molecule has 0 aliphatic carbocycles. The molecule has 0 atom stereocenters. The van der Waals surface area contributed by atoms with Gasteiger partial charge in [-0.05, 0) is 0 Å². The summed E-state index contributed by atoms with van der Waals surface area (Å²) in [6, 6.07) is 0. The molecule has 0 amide bonds. The summed E-state index contributed by atoms with van der Waals surface area (Å²) in [5.74, 6) is 0. The maximum Gasteiger partial charge on any atom is 0.0830 e. The second-order valence-corrected chi connectivity index (χ2v) is 2.44. The molecule has 0 bridgehead atoms. The Bertz CT molecular complexity index is 124. The van der Waals surface area contributed by atoms with Crippen LogP contribution in [0.4, 0.5) is 0 Å². The lowest BCUT2D eigenvalue weighted by Gasteiger charge is -2.04. The molecule has 0 unspecified atom stereocenters. The molecule has 0 aliphatic rings. The first-order chi connectivity index (χ1) is 6.91. The molecular weight excluding hydrogens is 188 g/mol. The molecule has 0 spiro atoms. The minimum atomic E-state index is 0.0414. The van der Waals surface area contributed by atoms with Crippen LogP contribution in [-0.2, 0) is 14.2 Å². The normalized spacial score (nSPS) is 10.4. The molecule has 0 rings (SSSR count). The third-order valence-corrected chi connectivity index (χ3v) is 1.33. The van der Waals surface area contributed by atoms with Gasteiger partial charge in [0.25, 0.3) is 0 Å². The monoisotopic (exact) mass is 206 g/mol. The van der Waals surface area contributed by atoms with Gasteiger partial charge in [0, 0.05) is 0 Å². The van der Waals surface area contributed by atoms with E-state index in [4.69, 9.17) is 24.8 Å². The molecule has 0 saturated heterocycles. The van der Waals surface area contributed by atoms with Crippen molar-refractivity contribution in [1.29, 1.82) is 5.53 Å². The zero-order chi connectivity index (χ0) is 10.5. The average molecular weight is 206 g/mol. The van der Waals surface area contributed by atoms with E-state index < -0.39 is 0 Å². The number of aliphatic hydroxyl groups excluding tert-OH is 1. The van der Waals surface area contributed by atoms with Gasteiger partial charge in [-0.1, -0.05) is 0 Å². The number of ether oxygens (including phenoxy) is 3. The number of aliphatic hydroxyl groups is 1. The molecule has 0 heterocycles. The molecule has 0 aliphatic heterocycles. The van der Waals surface area contributed by atoms with Crippen molar-refractivity contribution in [1.82, 2.24) is 0 Å². The van der Waals surface area contributed by atoms with Crippen molar-refractivity contribution < 1.29 is 19.3 Å². The highest BCUT2D eigenvalue weighted by Gasteiger charge is 1.90. The maximum absolute atomic E-state index is 8.38. The minimum absolute atomic E-state index is 0.0414. The van der Waals surface area contributed by atoms with Crippen molar-refractivity contribution in [3.8, 4) is 0 Å². The molecule has 0 radical (unpaired) electrons. The highest BCUT2D eigenvalue weighted by atomic mass is 16.5. The third-order valence-electron chi connectivity index (χ3n) is 1.33. The van der Waals surface area contributed by atoms with Crippen molar-refractivity contribution in [3.05, 3.63) is 0 Å². The highest BCUT2D eigenvalue weighted by molar-refractivity contribution is 4.35. The third kappa shape index (κ3) is 11.4. The second-order valence-electron chi connectivity index (χ2n) is 2.44. The Morgan fingerprint density at radius 3 is 1.86 bits per heavy atom. The van der Waals surface area contributed by atoms with Crippen LogP contribution in [0.1, 0.15) is 0 Å². The van der Waals surface area contributed by atoms with Gasteiger partial charge in [0.2, 0.25) is 0 Å². The van der Waals surface area contributed by atoms with Gasteiger partial charge >= 0.3 is 0 Å². The van der Waals surface area contributed by atoms with Crippen LogP contribution in [0.25, 0.3) is 0 Å². The molecule has 6 heteroatoms. The van der Waals surface area contributed by atoms with Crippen LogP contribution in [0, 0.1) is 5.53 Å². The van der Waals surface area contributed by atoms with Crippen molar-refractivity contribution >= 4 is 0 Å². The second kappa shape index (κ2) is 12.4. The minimum Gasteiger partial charge on any atom is -0.394 e. The molecular formula is C8H18N2O4. The first kappa shape index (κ1) is 13.4. The number of hydrogen-bond acceptors (Lipinski definition) is 6. The molecule has 14 heavy (non-hydrogen) atoms. The lowest BCUT2D eigenvalue weighted by Crippen LogP contribution is -2.11. The molecule has 0 aromatic carbocycles. The molecule has 0 aromatic heterocycles. The molecule has 2 N–H and O–H groups in total. The van der Waals surface area contributed by atoms with Gasteiger partial charge in [-0.3, -0.25) is 0 Å². The van der Waals surface area contributed by atoms with E-state index in [1.807, 2.05) is 0 Å². The molecule has 0 aromatic rings. The summed E-state index contributed by atoms with van der Waals surface area (Å²) in [4.78, 5) is 0. The quantitative estimate of drug-likeness (QED) is 0.370. The highest BCUT2D eigenvalue weighted by Crippen LogP contribution is 1.81. The Labute approximate surface area is 83.7 Å². The molecule has 0 saturated carbocycles. The van der Waals surface area contributed by atoms with E-state index in [-0.39, 0.29) is 6.61 Å². The fourth-order valence-corrected chi connectivity index (χ4v) is 0.717. The van der Waals surface area contributed by atoms with Crippen molar-refractivity contribution in [3.63, 3.8) is 0 Å². The Balaban J connectivity index is 2.81. The first-order valence-corrected chi connectivity index (χ1v) is 4.59. The number of nitrogens with zero attached hydrogens (tertiary/aromatic N) is 1. The van der Waals surface area contributed by atoms with E-state index in [0.29, 0.717) is 46.2 Å². The Morgan fingerprint density at radius 1 is 0.857 bits per heavy atom. The first-order valence-electron chi connectivity index (χ1n) is 4.59. The predicted molar refractivity (Wildman–Crippen MR) is 49.6 cm³/mol. The Morgan fingerprint density at radius 2 is 1.36 bits per heavy atom. The van der Waals surface area contributed by atoms with Crippen LogP contribution in [0.5, 0.6) is 0 Å². The summed E-state index contributed by atoms with van der Waals surface area (Å²) < 4.78 is 15.2. The van der Waals surface area contributed by atoms with Gasteiger partial charge in [0.1, 0.15) is 0 Å². The molecule has 84 valence electrons. The SMILES string of the molecule is N=NCCOCCOCCOCCO. The average Bonchev–Trinajstić information content (AvgIpc) is 2.21. The standard InChI is InChI=1S/C8H18N2O4/c9-10-1-3-12-5-7-14-8-6-13-4-2-11/h9,11H,1-8H2. The zero-order valence-corrected chi connectivity index (χ0v) is 8.28. The lowest BCUT2D eigenvalue weighted by molar-refractivity contribution is 0.00877. The van der Waals surface area contributed by atoms with Gasteiger partial charge < -0.3 is 19.3 Å². The summed E-state index contributed by atoms with van der Waals surface area (Å²) >= 11 is 0. The lowest BCUT2D eigenvalue weighted by atomic mass is 10.7. The summed E-state index contributed by atoms with van der Waals surface area (Å²) in [5, 5.41) is 11.5. The van der Waals surface area contributed by atoms with Crippen molar-refractivity contribution in [2.75, 3.05) is 52.8 Å². The van der Waals surface area contributed by atoms with Gasteiger partial charge in [-0.25, -0.2) is 5.53 Å². The van der Waals surface area contributed by atoms with Gasteiger partial charge in [0.15, 0.2) is 0 Å². The van der Waals surface area contributed by atoms with Crippen molar-refractivity contribution in [2.45, 2.75) is 0 Å². The van der Waals surface area contributed by atoms with Crippen molar-refractivity contribution in [2.24, 2.45) is 5.11 Å². The van der Waals surface area contributed by atoms with Crippen LogP contribution in [0.2, 0.25) is 0 Å². The van der Waals surface area contributed by atoms with E-state index in [1.165, 1.54) is 0 Å². The summed E-state index contributed by atoms with van der Waals surface area (Å²) in [5.41, 5.74) is 6.49. The summed E-state index contributed by atoms with van der Waals surface area (Å²) in [7, 11) is 0. The van der Waals surface area contributed by atoms with E-state index in [0.717, 1.165) is 0 Å². The van der Waals surface area contributed by atoms with Gasteiger partial charge in [-0.15, -0.1) is 0 Å². The van der Waals surface area contributed by atoms with E-state index in [2.05, 4.69) is 5.11 Å². The summed E-state index contributed by atoms with van der Waals surface area (Å²) in [6.45, 7) is 3.28. The number of hydrogen-bond donors (Lipinski definition) is 2. The van der Waals surface area contributed by atoms with Crippen LogP contribution in [-0.4, -0.2) is 57.9 Å². The number of rotatable bonds is 11. The number of nitrogens with one attached hydrogen (secondary N) is 1. The van der Waals surface area contributed by atoms with E-state index >= 15 is 0 Å². The fraction of sp³-hybridized carbons (Fsp3) is 1.00. The van der Waals surface area contributed by atoms with Crippen LogP contribution < -0.4 is 0 Å². The zero-order valence-electron chi connectivity index (χ0n) is 8.28. The topological polar surface area (TPSA) is 84.1 Å². The Kier molecular flexibility index (Phi) is 11.9. The fourth-order valence-electron chi connectivity index (χ4n) is 0.717. The smallest absolute Gasteiger partial charge is 0.0830 e. The van der Waals surface area contributed by atoms with Crippen LogP contribution in [0.3, 0.4) is 0 Å². The van der Waals surface area contributed by atoms with E-state index in [1.54, 1.807) is 0 Å². The van der Waals surface area contributed by atoms with Crippen LogP contribution >= 0.6 is 0 Å².